The number of aliphatic imine (C=N–C) groups is 2. The summed E-state index contributed by atoms with van der Waals surface area (Å²) < 4.78 is 6.50. The first-order valence-corrected chi connectivity index (χ1v) is 15.2. The third kappa shape index (κ3) is 4.30. The summed E-state index contributed by atoms with van der Waals surface area (Å²) in [6, 6.07) is 52.8. The van der Waals surface area contributed by atoms with Crippen LogP contribution >= 0.6 is 0 Å². The summed E-state index contributed by atoms with van der Waals surface area (Å²) in [5.41, 5.74) is 6.98. The van der Waals surface area contributed by atoms with Crippen LogP contribution in [0, 0.1) is 0 Å². The van der Waals surface area contributed by atoms with E-state index < -0.39 is 0 Å². The monoisotopic (exact) mass is 577 g/mol. The first-order valence-electron chi connectivity index (χ1n) is 15.2. The van der Waals surface area contributed by atoms with E-state index in [1.54, 1.807) is 0 Å². The molecular weight excluding hydrogens is 550 g/mol. The second-order valence-electron chi connectivity index (χ2n) is 11.4. The Labute approximate surface area is 260 Å². The van der Waals surface area contributed by atoms with Gasteiger partial charge in [-0.05, 0) is 56.4 Å². The van der Waals surface area contributed by atoms with Crippen molar-refractivity contribution in [3.8, 4) is 11.1 Å². The van der Waals surface area contributed by atoms with Crippen molar-refractivity contribution in [3.63, 3.8) is 0 Å². The maximum absolute atomic E-state index is 6.50. The van der Waals surface area contributed by atoms with Crippen molar-refractivity contribution >= 4 is 55.2 Å². The Morgan fingerprint density at radius 2 is 1.18 bits per heavy atom. The average Bonchev–Trinajstić information content (AvgIpc) is 3.51. The molecule has 8 aromatic rings. The summed E-state index contributed by atoms with van der Waals surface area (Å²) in [6.45, 7) is 0. The fraction of sp³-hybridized carbons (Fsp3) is 0.0244. The third-order valence-electron chi connectivity index (χ3n) is 8.72. The third-order valence-corrected chi connectivity index (χ3v) is 8.72. The summed E-state index contributed by atoms with van der Waals surface area (Å²) in [5.74, 6) is 1.47. The minimum absolute atomic E-state index is 0.280. The number of benzene rings is 7. The number of nitrogens with zero attached hydrogens (tertiary/aromatic N) is 2. The molecule has 45 heavy (non-hydrogen) atoms. The van der Waals surface area contributed by atoms with E-state index >= 15 is 0 Å². The van der Waals surface area contributed by atoms with Crippen LogP contribution in [0.25, 0.3) is 54.6 Å². The highest BCUT2D eigenvalue weighted by atomic mass is 16.3. The zero-order valence-electron chi connectivity index (χ0n) is 24.3. The first kappa shape index (κ1) is 25.5. The van der Waals surface area contributed by atoms with Crippen molar-refractivity contribution in [1.82, 2.24) is 5.32 Å². The van der Waals surface area contributed by atoms with Crippen LogP contribution in [0.4, 0.5) is 0 Å². The molecule has 0 radical (unpaired) electrons. The Balaban J connectivity index is 1.25. The molecule has 0 amide bonds. The molecule has 0 bridgehead atoms. The molecule has 1 aromatic heterocycles. The average molecular weight is 578 g/mol. The van der Waals surface area contributed by atoms with Gasteiger partial charge >= 0.3 is 0 Å². The molecule has 0 spiro atoms. The minimum Gasteiger partial charge on any atom is -0.456 e. The van der Waals surface area contributed by atoms with Gasteiger partial charge in [0.25, 0.3) is 0 Å². The normalized spacial score (nSPS) is 14.9. The highest BCUT2D eigenvalue weighted by molar-refractivity contribution is 6.24. The molecule has 0 fully saturated rings. The Morgan fingerprint density at radius 1 is 0.511 bits per heavy atom. The van der Waals surface area contributed by atoms with E-state index in [2.05, 4.69) is 108 Å². The SMILES string of the molecule is c1ccc(C2=NC(c3ccccc3)NC(c3cccc4oc5cccc(-c6ccc7c(ccc8ccccc87)c6)c5c34)=N2)cc1. The lowest BCUT2D eigenvalue weighted by atomic mass is 9.94. The maximum Gasteiger partial charge on any atom is 0.159 e. The van der Waals surface area contributed by atoms with E-state index in [-0.39, 0.29) is 6.17 Å². The quantitative estimate of drug-likeness (QED) is 0.212. The first-order chi connectivity index (χ1) is 22.3. The largest absolute Gasteiger partial charge is 0.456 e. The van der Waals surface area contributed by atoms with E-state index in [0.29, 0.717) is 5.84 Å². The topological polar surface area (TPSA) is 49.9 Å². The molecule has 212 valence electrons. The fourth-order valence-electron chi connectivity index (χ4n) is 6.59. The van der Waals surface area contributed by atoms with Crippen LogP contribution in [0.5, 0.6) is 0 Å². The summed E-state index contributed by atoms with van der Waals surface area (Å²) >= 11 is 0. The van der Waals surface area contributed by atoms with Crippen molar-refractivity contribution in [2.24, 2.45) is 9.98 Å². The molecule has 0 aliphatic carbocycles. The number of hydrogen-bond acceptors (Lipinski definition) is 4. The van der Waals surface area contributed by atoms with E-state index in [4.69, 9.17) is 14.4 Å². The standard InChI is InChI=1S/C41H27N3O/c1-3-12-27(13-4-1)39-42-40(28-14-5-2-6-15-28)44-41(43-39)34-18-10-20-36-38(34)37-33(17-9-19-35(37)45-36)30-23-24-32-29(25-30)22-21-26-11-7-8-16-31(26)32/h1-25,39H,(H,42,43,44). The van der Waals surface area contributed by atoms with E-state index in [9.17, 15) is 0 Å². The second-order valence-corrected chi connectivity index (χ2v) is 11.4. The van der Waals surface area contributed by atoms with Crippen LogP contribution < -0.4 is 5.32 Å². The molecule has 0 saturated heterocycles. The molecule has 1 aliphatic rings. The number of furan rings is 1. The molecule has 0 saturated carbocycles. The lowest BCUT2D eigenvalue weighted by Gasteiger charge is -2.24. The van der Waals surface area contributed by atoms with Crippen LogP contribution in [-0.4, -0.2) is 11.7 Å². The van der Waals surface area contributed by atoms with Gasteiger partial charge in [-0.1, -0.05) is 133 Å². The van der Waals surface area contributed by atoms with Crippen LogP contribution in [0.2, 0.25) is 0 Å². The number of fused-ring (bicyclic) bond motifs is 6. The van der Waals surface area contributed by atoms with Crippen LogP contribution in [-0.2, 0) is 0 Å². The fourth-order valence-corrected chi connectivity index (χ4v) is 6.59. The van der Waals surface area contributed by atoms with Gasteiger partial charge in [-0.15, -0.1) is 0 Å². The van der Waals surface area contributed by atoms with Gasteiger partial charge in [-0.25, -0.2) is 9.98 Å². The molecule has 4 heteroatoms. The second kappa shape index (κ2) is 10.3. The Bertz CT molecular complexity index is 2460. The Morgan fingerprint density at radius 3 is 2.00 bits per heavy atom. The lowest BCUT2D eigenvalue weighted by Crippen LogP contribution is -2.33. The Kier molecular flexibility index (Phi) is 5.85. The highest BCUT2D eigenvalue weighted by Gasteiger charge is 2.24. The molecular formula is C41H27N3O. The summed E-state index contributed by atoms with van der Waals surface area (Å²) in [4.78, 5) is 10.2. The van der Waals surface area contributed by atoms with Gasteiger partial charge in [0.05, 0.1) is 0 Å². The number of hydrogen-bond donors (Lipinski definition) is 1. The summed E-state index contributed by atoms with van der Waals surface area (Å²) in [5, 5.41) is 10.7. The van der Waals surface area contributed by atoms with Crippen molar-refractivity contribution in [3.05, 3.63) is 168 Å². The minimum atomic E-state index is -0.280. The van der Waals surface area contributed by atoms with Gasteiger partial charge in [0.1, 0.15) is 23.2 Å². The van der Waals surface area contributed by atoms with Gasteiger partial charge in [-0.2, -0.15) is 0 Å². The van der Waals surface area contributed by atoms with Gasteiger partial charge in [0.15, 0.2) is 5.84 Å². The number of nitrogens with one attached hydrogen (secondary N) is 1. The lowest BCUT2D eigenvalue weighted by molar-refractivity contribution is 0.668. The van der Waals surface area contributed by atoms with Gasteiger partial charge < -0.3 is 9.73 Å². The predicted octanol–water partition coefficient (Wildman–Crippen LogP) is 10.1. The molecule has 1 aliphatic heterocycles. The molecule has 1 unspecified atom stereocenters. The van der Waals surface area contributed by atoms with E-state index in [0.717, 1.165) is 55.6 Å². The van der Waals surface area contributed by atoms with Crippen molar-refractivity contribution in [2.45, 2.75) is 6.17 Å². The smallest absolute Gasteiger partial charge is 0.159 e. The van der Waals surface area contributed by atoms with E-state index in [1.165, 1.54) is 21.5 Å². The maximum atomic E-state index is 6.50. The van der Waals surface area contributed by atoms with Crippen LogP contribution in [0.3, 0.4) is 0 Å². The summed E-state index contributed by atoms with van der Waals surface area (Å²) in [7, 11) is 0. The Hall–Kier alpha value is -6.00. The van der Waals surface area contributed by atoms with Crippen LogP contribution in [0.15, 0.2) is 166 Å². The number of rotatable bonds is 4. The summed E-state index contributed by atoms with van der Waals surface area (Å²) in [6.07, 6.45) is -0.280. The molecule has 2 heterocycles. The molecule has 9 rings (SSSR count). The zero-order valence-corrected chi connectivity index (χ0v) is 24.3. The van der Waals surface area contributed by atoms with Crippen LogP contribution in [0.1, 0.15) is 22.9 Å². The molecule has 1 N–H and O–H groups in total. The van der Waals surface area contributed by atoms with Gasteiger partial charge in [-0.3, -0.25) is 0 Å². The van der Waals surface area contributed by atoms with Gasteiger partial charge in [0.2, 0.25) is 0 Å². The van der Waals surface area contributed by atoms with Crippen molar-refractivity contribution in [2.75, 3.05) is 0 Å². The molecule has 4 nitrogen and oxygen atoms in total. The highest BCUT2D eigenvalue weighted by Crippen LogP contribution is 2.40. The van der Waals surface area contributed by atoms with Gasteiger partial charge in [0, 0.05) is 21.9 Å². The zero-order chi connectivity index (χ0) is 29.7. The molecule has 1 atom stereocenters. The number of amidine groups is 2. The van der Waals surface area contributed by atoms with Crippen molar-refractivity contribution in [1.29, 1.82) is 0 Å². The van der Waals surface area contributed by atoms with E-state index in [1.807, 2.05) is 48.5 Å². The predicted molar refractivity (Wildman–Crippen MR) is 186 cm³/mol. The molecule has 7 aromatic carbocycles. The van der Waals surface area contributed by atoms with Crippen molar-refractivity contribution < 1.29 is 4.42 Å².